The van der Waals surface area contributed by atoms with Gasteiger partial charge in [0.05, 0.1) is 6.10 Å². The lowest BCUT2D eigenvalue weighted by Crippen LogP contribution is -2.22. The lowest BCUT2D eigenvalue weighted by Gasteiger charge is -2.13. The topological polar surface area (TPSA) is 32.3 Å². The fraction of sp³-hybridized carbons (Fsp3) is 0.538. The Kier molecular flexibility index (Phi) is 6.90. The molecule has 1 aromatic carbocycles. The summed E-state index contributed by atoms with van der Waals surface area (Å²) in [5.74, 6) is 0. The molecule has 0 aliphatic heterocycles. The van der Waals surface area contributed by atoms with Crippen LogP contribution in [0.4, 0.5) is 0 Å². The van der Waals surface area contributed by atoms with Gasteiger partial charge in [-0.2, -0.15) is 0 Å². The molecule has 1 aromatic rings. The van der Waals surface area contributed by atoms with E-state index in [9.17, 15) is 5.11 Å². The summed E-state index contributed by atoms with van der Waals surface area (Å²) in [6.07, 6.45) is 2.97. The molecule has 1 unspecified atom stereocenters. The molecule has 17 heavy (non-hydrogen) atoms. The molecule has 2 nitrogen and oxygen atoms in total. The second-order valence-corrected chi connectivity index (χ2v) is 4.94. The number of hydrogen-bond donors (Lipinski definition) is 2. The second-order valence-electron chi connectivity index (χ2n) is 4.09. The van der Waals surface area contributed by atoms with Gasteiger partial charge in [-0.15, -0.1) is 0 Å². The van der Waals surface area contributed by atoms with E-state index >= 15 is 0 Å². The molecular weight excluding hydrogens is 257 g/mol. The first-order chi connectivity index (χ1) is 8.15. The zero-order valence-electron chi connectivity index (χ0n) is 10.0. The van der Waals surface area contributed by atoms with E-state index in [4.69, 9.17) is 23.2 Å². The molecule has 2 N–H and O–H groups in total. The number of halogens is 2. The van der Waals surface area contributed by atoms with Gasteiger partial charge in [0, 0.05) is 22.2 Å². The van der Waals surface area contributed by atoms with Crippen molar-refractivity contribution >= 4 is 23.2 Å². The van der Waals surface area contributed by atoms with Gasteiger partial charge >= 0.3 is 0 Å². The molecule has 0 saturated carbocycles. The predicted molar refractivity (Wildman–Crippen MR) is 73.8 cm³/mol. The van der Waals surface area contributed by atoms with Crippen molar-refractivity contribution in [3.05, 3.63) is 33.8 Å². The Labute approximate surface area is 113 Å². The maximum absolute atomic E-state index is 9.96. The molecule has 1 rings (SSSR count). The summed E-state index contributed by atoms with van der Waals surface area (Å²) in [5.41, 5.74) is 0.721. The highest BCUT2D eigenvalue weighted by atomic mass is 35.5. The van der Waals surface area contributed by atoms with E-state index in [0.717, 1.165) is 18.5 Å². The van der Waals surface area contributed by atoms with Gasteiger partial charge in [-0.1, -0.05) is 49.0 Å². The van der Waals surface area contributed by atoms with Crippen LogP contribution >= 0.6 is 23.2 Å². The van der Waals surface area contributed by atoms with E-state index in [1.807, 2.05) is 0 Å². The summed E-state index contributed by atoms with van der Waals surface area (Å²) in [6.45, 7) is 3.61. The Hall–Kier alpha value is -0.280. The Morgan fingerprint density at radius 3 is 2.71 bits per heavy atom. The Balaban J connectivity index is 2.38. The lowest BCUT2D eigenvalue weighted by atomic mass is 10.1. The summed E-state index contributed by atoms with van der Waals surface area (Å²) in [4.78, 5) is 0. The first-order valence-electron chi connectivity index (χ1n) is 5.99. The summed E-state index contributed by atoms with van der Waals surface area (Å²) in [7, 11) is 0. The summed E-state index contributed by atoms with van der Waals surface area (Å²) < 4.78 is 0. The van der Waals surface area contributed by atoms with Gasteiger partial charge in [-0.3, -0.25) is 0 Å². The average molecular weight is 276 g/mol. The highest BCUT2D eigenvalue weighted by Crippen LogP contribution is 2.25. The normalized spacial score (nSPS) is 12.7. The van der Waals surface area contributed by atoms with Crippen LogP contribution in [0.1, 0.15) is 37.9 Å². The van der Waals surface area contributed by atoms with Crippen LogP contribution in [-0.4, -0.2) is 18.2 Å². The minimum atomic E-state index is -0.582. The second kappa shape index (κ2) is 7.93. The van der Waals surface area contributed by atoms with E-state index in [-0.39, 0.29) is 0 Å². The molecule has 0 bridgehead atoms. The number of benzene rings is 1. The van der Waals surface area contributed by atoms with E-state index in [1.165, 1.54) is 12.8 Å². The molecular formula is C13H19Cl2NO. The van der Waals surface area contributed by atoms with E-state index in [2.05, 4.69) is 12.2 Å². The van der Waals surface area contributed by atoms with Gasteiger partial charge in [0.15, 0.2) is 0 Å². The van der Waals surface area contributed by atoms with E-state index < -0.39 is 6.10 Å². The van der Waals surface area contributed by atoms with Gasteiger partial charge in [0.1, 0.15) is 0 Å². The van der Waals surface area contributed by atoms with Crippen LogP contribution in [-0.2, 0) is 0 Å². The number of unbranched alkanes of at least 4 members (excludes halogenated alkanes) is 2. The first-order valence-corrected chi connectivity index (χ1v) is 6.74. The largest absolute Gasteiger partial charge is 0.387 e. The van der Waals surface area contributed by atoms with Crippen LogP contribution in [0.2, 0.25) is 10.0 Å². The van der Waals surface area contributed by atoms with Gasteiger partial charge < -0.3 is 10.4 Å². The molecule has 0 radical (unpaired) electrons. The molecule has 0 amide bonds. The number of nitrogens with one attached hydrogen (secondary N) is 1. The third-order valence-electron chi connectivity index (χ3n) is 2.62. The average Bonchev–Trinajstić information content (AvgIpc) is 2.28. The molecule has 0 aromatic heterocycles. The van der Waals surface area contributed by atoms with Gasteiger partial charge in [0.25, 0.3) is 0 Å². The van der Waals surface area contributed by atoms with Crippen molar-refractivity contribution in [2.75, 3.05) is 13.1 Å². The van der Waals surface area contributed by atoms with E-state index in [1.54, 1.807) is 18.2 Å². The zero-order chi connectivity index (χ0) is 12.7. The molecule has 1 atom stereocenters. The summed E-state index contributed by atoms with van der Waals surface area (Å²) in [5, 5.41) is 14.3. The highest BCUT2D eigenvalue weighted by Gasteiger charge is 2.11. The maximum atomic E-state index is 9.96. The maximum Gasteiger partial charge on any atom is 0.0928 e. The monoisotopic (exact) mass is 275 g/mol. The molecule has 0 spiro atoms. The van der Waals surface area contributed by atoms with Crippen LogP contribution in [0.3, 0.4) is 0 Å². The number of aliphatic hydroxyl groups excluding tert-OH is 1. The zero-order valence-corrected chi connectivity index (χ0v) is 11.6. The third kappa shape index (κ3) is 5.26. The van der Waals surface area contributed by atoms with Crippen molar-refractivity contribution in [2.24, 2.45) is 0 Å². The third-order valence-corrected chi connectivity index (χ3v) is 3.18. The van der Waals surface area contributed by atoms with Gasteiger partial charge in [0.2, 0.25) is 0 Å². The fourth-order valence-corrected chi connectivity index (χ4v) is 2.15. The Morgan fingerprint density at radius 2 is 2.06 bits per heavy atom. The summed E-state index contributed by atoms with van der Waals surface area (Å²) >= 11 is 11.8. The molecule has 96 valence electrons. The first kappa shape index (κ1) is 14.8. The lowest BCUT2D eigenvalue weighted by molar-refractivity contribution is 0.175. The standard InChI is InChI=1S/C13H19Cl2NO/c1-2-3-4-7-16-9-13(17)11-6-5-10(14)8-12(11)15/h5-6,8,13,16-17H,2-4,7,9H2,1H3. The minimum absolute atomic E-state index is 0.514. The van der Waals surface area contributed by atoms with Crippen molar-refractivity contribution in [3.8, 4) is 0 Å². The number of rotatable bonds is 7. The van der Waals surface area contributed by atoms with Crippen LogP contribution in [0.25, 0.3) is 0 Å². The van der Waals surface area contributed by atoms with Crippen LogP contribution in [0.5, 0.6) is 0 Å². The van der Waals surface area contributed by atoms with Crippen molar-refractivity contribution in [1.29, 1.82) is 0 Å². The van der Waals surface area contributed by atoms with Crippen molar-refractivity contribution in [1.82, 2.24) is 5.32 Å². The molecule has 0 aliphatic rings. The highest BCUT2D eigenvalue weighted by molar-refractivity contribution is 6.35. The van der Waals surface area contributed by atoms with Crippen molar-refractivity contribution in [3.63, 3.8) is 0 Å². The van der Waals surface area contributed by atoms with Gasteiger partial charge in [-0.25, -0.2) is 0 Å². The SMILES string of the molecule is CCCCCNCC(O)c1ccc(Cl)cc1Cl. The van der Waals surface area contributed by atoms with Gasteiger partial charge in [-0.05, 0) is 25.1 Å². The molecule has 0 saturated heterocycles. The molecule has 4 heteroatoms. The van der Waals surface area contributed by atoms with Crippen LogP contribution in [0, 0.1) is 0 Å². The Morgan fingerprint density at radius 1 is 1.29 bits per heavy atom. The quantitative estimate of drug-likeness (QED) is 0.742. The summed E-state index contributed by atoms with van der Waals surface area (Å²) in [6, 6.07) is 5.16. The smallest absolute Gasteiger partial charge is 0.0928 e. The molecule has 0 fully saturated rings. The van der Waals surface area contributed by atoms with Crippen LogP contribution < -0.4 is 5.32 Å². The number of aliphatic hydroxyl groups is 1. The fourth-order valence-electron chi connectivity index (χ4n) is 1.62. The Bertz CT molecular complexity index is 344. The molecule has 0 aliphatic carbocycles. The van der Waals surface area contributed by atoms with Crippen molar-refractivity contribution in [2.45, 2.75) is 32.3 Å². The predicted octanol–water partition coefficient (Wildman–Crippen LogP) is 3.81. The molecule has 0 heterocycles. The number of hydrogen-bond acceptors (Lipinski definition) is 2. The van der Waals surface area contributed by atoms with E-state index in [0.29, 0.717) is 16.6 Å². The van der Waals surface area contributed by atoms with Crippen molar-refractivity contribution < 1.29 is 5.11 Å². The van der Waals surface area contributed by atoms with Crippen LogP contribution in [0.15, 0.2) is 18.2 Å². The minimum Gasteiger partial charge on any atom is -0.387 e.